The summed E-state index contributed by atoms with van der Waals surface area (Å²) in [6.45, 7) is 2.83. The van der Waals surface area contributed by atoms with Crippen molar-refractivity contribution in [2.24, 2.45) is 0 Å². The van der Waals surface area contributed by atoms with E-state index in [1.54, 1.807) is 0 Å². The minimum absolute atomic E-state index is 0.521. The lowest BCUT2D eigenvalue weighted by Gasteiger charge is -1.93. The van der Waals surface area contributed by atoms with Gasteiger partial charge in [-0.15, -0.1) is 0 Å². The number of nitrogens with zero attached hydrogens (tertiary/aromatic N) is 2. The van der Waals surface area contributed by atoms with Gasteiger partial charge in [-0.25, -0.2) is 0 Å². The van der Waals surface area contributed by atoms with Crippen LogP contribution in [-0.4, -0.2) is 23.7 Å². The van der Waals surface area contributed by atoms with Crippen molar-refractivity contribution in [2.45, 2.75) is 19.8 Å². The van der Waals surface area contributed by atoms with Crippen molar-refractivity contribution in [3.63, 3.8) is 0 Å². The molecule has 0 saturated carbocycles. The number of furan rings is 1. The van der Waals surface area contributed by atoms with Crippen LogP contribution in [0.5, 0.6) is 0 Å². The molecule has 0 atom stereocenters. The smallest absolute Gasteiger partial charge is 0.238 e. The topological polar surface area (TPSA) is 64.1 Å². The molecule has 2 rings (SSSR count). The zero-order valence-electron chi connectivity index (χ0n) is 9.49. The summed E-state index contributed by atoms with van der Waals surface area (Å²) >= 11 is 0. The third-order valence-corrected chi connectivity index (χ3v) is 2.25. The van der Waals surface area contributed by atoms with Crippen LogP contribution in [0, 0.1) is 6.92 Å². The Hall–Kier alpha value is -1.62. The summed E-state index contributed by atoms with van der Waals surface area (Å²) in [4.78, 5) is 4.27. The van der Waals surface area contributed by atoms with E-state index in [1.807, 2.05) is 26.1 Å². The Labute approximate surface area is 93.8 Å². The van der Waals surface area contributed by atoms with Gasteiger partial charge in [-0.2, -0.15) is 4.98 Å². The molecule has 2 aromatic heterocycles. The Kier molecular flexibility index (Phi) is 3.36. The first-order chi connectivity index (χ1) is 7.79. The maximum Gasteiger partial charge on any atom is 0.238 e. The van der Waals surface area contributed by atoms with E-state index < -0.39 is 0 Å². The fourth-order valence-corrected chi connectivity index (χ4v) is 1.43. The van der Waals surface area contributed by atoms with Gasteiger partial charge in [0.1, 0.15) is 5.76 Å². The molecule has 0 spiro atoms. The molecule has 0 radical (unpaired) electrons. The molecule has 0 aliphatic rings. The standard InChI is InChI=1S/C11H15N3O2/c1-8-5-6-9(15-8)11-13-10(16-14-11)4-3-7-12-2/h5-6,12H,3-4,7H2,1-2H3. The predicted octanol–water partition coefficient (Wildman–Crippen LogP) is 1.79. The van der Waals surface area contributed by atoms with Gasteiger partial charge in [-0.05, 0) is 39.1 Å². The molecular formula is C11H15N3O2. The average molecular weight is 221 g/mol. The molecule has 2 aromatic rings. The van der Waals surface area contributed by atoms with Crippen LogP contribution in [0.4, 0.5) is 0 Å². The normalized spacial score (nSPS) is 10.9. The second-order valence-electron chi connectivity index (χ2n) is 3.63. The first-order valence-corrected chi connectivity index (χ1v) is 5.33. The lowest BCUT2D eigenvalue weighted by Crippen LogP contribution is -2.08. The Morgan fingerprint density at radius 2 is 2.25 bits per heavy atom. The van der Waals surface area contributed by atoms with Crippen molar-refractivity contribution in [3.8, 4) is 11.6 Å². The Balaban J connectivity index is 2.02. The van der Waals surface area contributed by atoms with Crippen LogP contribution in [0.15, 0.2) is 21.1 Å². The van der Waals surface area contributed by atoms with E-state index >= 15 is 0 Å². The molecule has 5 nitrogen and oxygen atoms in total. The van der Waals surface area contributed by atoms with Gasteiger partial charge in [-0.1, -0.05) is 5.16 Å². The maximum absolute atomic E-state index is 5.41. The quantitative estimate of drug-likeness (QED) is 0.780. The zero-order chi connectivity index (χ0) is 11.4. The summed E-state index contributed by atoms with van der Waals surface area (Å²) in [5, 5.41) is 6.95. The molecule has 0 aliphatic heterocycles. The van der Waals surface area contributed by atoms with Crippen molar-refractivity contribution in [2.75, 3.05) is 13.6 Å². The van der Waals surface area contributed by atoms with Crippen LogP contribution in [-0.2, 0) is 6.42 Å². The molecule has 0 amide bonds. The second kappa shape index (κ2) is 4.94. The Morgan fingerprint density at radius 3 is 2.94 bits per heavy atom. The van der Waals surface area contributed by atoms with E-state index in [2.05, 4.69) is 15.5 Å². The molecule has 16 heavy (non-hydrogen) atoms. The Morgan fingerprint density at radius 1 is 1.38 bits per heavy atom. The highest BCUT2D eigenvalue weighted by molar-refractivity contribution is 5.45. The van der Waals surface area contributed by atoms with E-state index in [9.17, 15) is 0 Å². The van der Waals surface area contributed by atoms with Crippen molar-refractivity contribution in [1.82, 2.24) is 15.5 Å². The fraction of sp³-hybridized carbons (Fsp3) is 0.455. The van der Waals surface area contributed by atoms with Crippen LogP contribution in [0.1, 0.15) is 18.1 Å². The van der Waals surface area contributed by atoms with Crippen LogP contribution in [0.2, 0.25) is 0 Å². The zero-order valence-corrected chi connectivity index (χ0v) is 9.49. The van der Waals surface area contributed by atoms with Gasteiger partial charge in [0.2, 0.25) is 11.7 Å². The summed E-state index contributed by atoms with van der Waals surface area (Å²) in [5.41, 5.74) is 0. The lowest BCUT2D eigenvalue weighted by atomic mass is 10.3. The number of aromatic nitrogens is 2. The summed E-state index contributed by atoms with van der Waals surface area (Å²) in [6, 6.07) is 3.73. The van der Waals surface area contributed by atoms with Gasteiger partial charge in [0.15, 0.2) is 5.76 Å². The minimum Gasteiger partial charge on any atom is -0.458 e. The molecule has 0 aliphatic carbocycles. The summed E-state index contributed by atoms with van der Waals surface area (Å²) in [6.07, 6.45) is 1.77. The molecule has 0 fully saturated rings. The average Bonchev–Trinajstić information content (AvgIpc) is 2.87. The Bertz CT molecular complexity index is 448. The number of rotatable bonds is 5. The lowest BCUT2D eigenvalue weighted by molar-refractivity contribution is 0.374. The molecule has 5 heteroatoms. The first-order valence-electron chi connectivity index (χ1n) is 5.33. The van der Waals surface area contributed by atoms with Crippen LogP contribution < -0.4 is 5.32 Å². The maximum atomic E-state index is 5.41. The largest absolute Gasteiger partial charge is 0.458 e. The monoisotopic (exact) mass is 221 g/mol. The van der Waals surface area contributed by atoms with Crippen LogP contribution in [0.3, 0.4) is 0 Å². The number of hydrogen-bond donors (Lipinski definition) is 1. The van der Waals surface area contributed by atoms with Crippen molar-refractivity contribution >= 4 is 0 Å². The second-order valence-corrected chi connectivity index (χ2v) is 3.63. The molecule has 86 valence electrons. The first kappa shape index (κ1) is 10.9. The van der Waals surface area contributed by atoms with Crippen LogP contribution in [0.25, 0.3) is 11.6 Å². The van der Waals surface area contributed by atoms with Crippen molar-refractivity contribution in [1.29, 1.82) is 0 Å². The van der Waals surface area contributed by atoms with Gasteiger partial charge in [0, 0.05) is 6.42 Å². The number of hydrogen-bond acceptors (Lipinski definition) is 5. The van der Waals surface area contributed by atoms with E-state index in [4.69, 9.17) is 8.94 Å². The van der Waals surface area contributed by atoms with Crippen molar-refractivity contribution in [3.05, 3.63) is 23.8 Å². The highest BCUT2D eigenvalue weighted by Crippen LogP contribution is 2.18. The van der Waals surface area contributed by atoms with Gasteiger partial charge in [0.25, 0.3) is 0 Å². The third-order valence-electron chi connectivity index (χ3n) is 2.25. The highest BCUT2D eigenvalue weighted by Gasteiger charge is 2.11. The van der Waals surface area contributed by atoms with E-state index in [0.717, 1.165) is 25.1 Å². The number of aryl methyl sites for hydroxylation is 2. The minimum atomic E-state index is 0.521. The third kappa shape index (κ3) is 2.49. The SMILES string of the molecule is CNCCCc1nc(-c2ccc(C)o2)no1. The molecule has 1 N–H and O–H groups in total. The van der Waals surface area contributed by atoms with Gasteiger partial charge >= 0.3 is 0 Å². The molecule has 0 saturated heterocycles. The van der Waals surface area contributed by atoms with Crippen LogP contribution >= 0.6 is 0 Å². The number of nitrogens with one attached hydrogen (secondary N) is 1. The predicted molar refractivity (Wildman–Crippen MR) is 59.0 cm³/mol. The molecule has 0 bridgehead atoms. The molecule has 0 aromatic carbocycles. The van der Waals surface area contributed by atoms with E-state index in [1.165, 1.54) is 0 Å². The van der Waals surface area contributed by atoms with E-state index in [-0.39, 0.29) is 0 Å². The van der Waals surface area contributed by atoms with Crippen molar-refractivity contribution < 1.29 is 8.94 Å². The van der Waals surface area contributed by atoms with Gasteiger partial charge < -0.3 is 14.3 Å². The molecule has 0 unspecified atom stereocenters. The summed E-state index contributed by atoms with van der Waals surface area (Å²) in [5.74, 6) is 2.67. The molecular weight excluding hydrogens is 206 g/mol. The van der Waals surface area contributed by atoms with Gasteiger partial charge in [-0.3, -0.25) is 0 Å². The summed E-state index contributed by atoms with van der Waals surface area (Å²) in [7, 11) is 1.92. The highest BCUT2D eigenvalue weighted by atomic mass is 16.5. The summed E-state index contributed by atoms with van der Waals surface area (Å²) < 4.78 is 10.5. The molecule has 2 heterocycles. The van der Waals surface area contributed by atoms with Gasteiger partial charge in [0.05, 0.1) is 0 Å². The van der Waals surface area contributed by atoms with E-state index in [0.29, 0.717) is 17.5 Å². The fourth-order valence-electron chi connectivity index (χ4n) is 1.43.